The van der Waals surface area contributed by atoms with Gasteiger partial charge in [0.1, 0.15) is 0 Å². The average molecular weight is 293 g/mol. The van der Waals surface area contributed by atoms with Gasteiger partial charge in [-0.15, -0.1) is 0 Å². The van der Waals surface area contributed by atoms with Gasteiger partial charge in [0.15, 0.2) is 0 Å². The molecule has 110 valence electrons. The minimum Gasteiger partial charge on any atom is -0.311 e. The van der Waals surface area contributed by atoms with Gasteiger partial charge in [0.05, 0.1) is 0 Å². The van der Waals surface area contributed by atoms with Crippen molar-refractivity contribution < 1.29 is 0 Å². The van der Waals surface area contributed by atoms with Crippen LogP contribution in [0.25, 0.3) is 0 Å². The monoisotopic (exact) mass is 292 g/mol. The molecule has 2 fully saturated rings. The quantitative estimate of drug-likeness (QED) is 0.914. The predicted molar refractivity (Wildman–Crippen MR) is 85.3 cm³/mol. The topological polar surface area (TPSA) is 15.3 Å². The molecule has 1 N–H and O–H groups in total. The minimum absolute atomic E-state index is 0.515. The number of nitrogens with zero attached hydrogens (tertiary/aromatic N) is 1. The first-order chi connectivity index (χ1) is 9.61. The zero-order valence-corrected chi connectivity index (χ0v) is 13.2. The van der Waals surface area contributed by atoms with E-state index in [9.17, 15) is 0 Å². The summed E-state index contributed by atoms with van der Waals surface area (Å²) in [5.74, 6) is 0. The van der Waals surface area contributed by atoms with Gasteiger partial charge in [-0.1, -0.05) is 23.7 Å². The summed E-state index contributed by atoms with van der Waals surface area (Å²) >= 11 is 6.06. The Bertz CT molecular complexity index is 448. The van der Waals surface area contributed by atoms with Crippen LogP contribution in [0, 0.1) is 0 Å². The maximum atomic E-state index is 6.06. The van der Waals surface area contributed by atoms with Crippen molar-refractivity contribution in [2.24, 2.45) is 0 Å². The molecule has 0 radical (unpaired) electrons. The highest BCUT2D eigenvalue weighted by Gasteiger charge is 2.38. The van der Waals surface area contributed by atoms with E-state index in [1.165, 1.54) is 31.2 Å². The fourth-order valence-corrected chi connectivity index (χ4v) is 4.24. The van der Waals surface area contributed by atoms with Crippen LogP contribution in [0.3, 0.4) is 0 Å². The average Bonchev–Trinajstić information content (AvgIpc) is 2.61. The van der Waals surface area contributed by atoms with Crippen LogP contribution in [0.1, 0.15) is 38.2 Å². The van der Waals surface area contributed by atoms with E-state index in [0.29, 0.717) is 12.1 Å². The number of hydrogen-bond acceptors (Lipinski definition) is 2. The fourth-order valence-electron chi connectivity index (χ4n) is 4.03. The van der Waals surface area contributed by atoms with Crippen molar-refractivity contribution in [3.8, 4) is 0 Å². The summed E-state index contributed by atoms with van der Waals surface area (Å²) < 4.78 is 0. The van der Waals surface area contributed by atoms with Crippen molar-refractivity contribution in [2.75, 3.05) is 7.05 Å². The first-order valence-electron chi connectivity index (χ1n) is 7.84. The highest BCUT2D eigenvalue weighted by atomic mass is 35.5. The van der Waals surface area contributed by atoms with Crippen LogP contribution >= 0.6 is 11.6 Å². The highest BCUT2D eigenvalue weighted by molar-refractivity contribution is 6.30. The molecule has 0 aromatic heterocycles. The first kappa shape index (κ1) is 14.4. The Labute approximate surface area is 127 Å². The molecule has 3 atom stereocenters. The summed E-state index contributed by atoms with van der Waals surface area (Å²) in [6, 6.07) is 11.1. The summed E-state index contributed by atoms with van der Waals surface area (Å²) in [6.07, 6.45) is 6.46. The van der Waals surface area contributed by atoms with E-state index in [0.717, 1.165) is 23.5 Å². The van der Waals surface area contributed by atoms with E-state index < -0.39 is 0 Å². The molecule has 0 saturated carbocycles. The van der Waals surface area contributed by atoms with Crippen LogP contribution in [0.15, 0.2) is 24.3 Å². The Morgan fingerprint density at radius 1 is 1.30 bits per heavy atom. The van der Waals surface area contributed by atoms with E-state index in [2.05, 4.69) is 36.3 Å². The van der Waals surface area contributed by atoms with Crippen molar-refractivity contribution in [1.29, 1.82) is 0 Å². The van der Waals surface area contributed by atoms with Crippen LogP contribution in [-0.4, -0.2) is 36.1 Å². The third-order valence-electron chi connectivity index (χ3n) is 5.05. The Morgan fingerprint density at radius 2 is 2.00 bits per heavy atom. The van der Waals surface area contributed by atoms with Crippen LogP contribution < -0.4 is 5.32 Å². The number of rotatable bonds is 4. The van der Waals surface area contributed by atoms with Crippen molar-refractivity contribution in [1.82, 2.24) is 10.2 Å². The van der Waals surface area contributed by atoms with Gasteiger partial charge < -0.3 is 10.2 Å². The second kappa shape index (κ2) is 6.05. The fraction of sp³-hybridized carbons (Fsp3) is 0.647. The van der Waals surface area contributed by atoms with Gasteiger partial charge in [0.25, 0.3) is 0 Å². The van der Waals surface area contributed by atoms with Gasteiger partial charge in [-0.25, -0.2) is 0 Å². The van der Waals surface area contributed by atoms with Gasteiger partial charge in [-0.3, -0.25) is 0 Å². The third kappa shape index (κ3) is 3.19. The SMILES string of the molecule is CC(Cc1cccc(Cl)c1)NC1CC2CCC(C1)N2C. The molecule has 3 unspecified atom stereocenters. The van der Waals surface area contributed by atoms with Crippen LogP contribution in [0.5, 0.6) is 0 Å². The maximum Gasteiger partial charge on any atom is 0.0408 e. The van der Waals surface area contributed by atoms with Crippen LogP contribution in [0.4, 0.5) is 0 Å². The standard InChI is InChI=1S/C17H25ClN2/c1-12(8-13-4-3-5-14(18)9-13)19-15-10-16-6-7-17(11-15)20(16)2/h3-5,9,12,15-17,19H,6-8,10-11H2,1-2H3. The molecular weight excluding hydrogens is 268 g/mol. The number of fused-ring (bicyclic) bond motifs is 2. The largest absolute Gasteiger partial charge is 0.311 e. The maximum absolute atomic E-state index is 6.06. The minimum atomic E-state index is 0.515. The molecule has 2 aliphatic heterocycles. The van der Waals surface area contributed by atoms with Gasteiger partial charge in [-0.2, -0.15) is 0 Å². The molecule has 0 amide bonds. The van der Waals surface area contributed by atoms with E-state index in [1.807, 2.05) is 12.1 Å². The van der Waals surface area contributed by atoms with E-state index >= 15 is 0 Å². The lowest BCUT2D eigenvalue weighted by atomic mass is 9.96. The molecule has 1 aromatic carbocycles. The molecule has 3 rings (SSSR count). The number of benzene rings is 1. The molecule has 2 heterocycles. The lowest BCUT2D eigenvalue weighted by Gasteiger charge is -2.38. The van der Waals surface area contributed by atoms with E-state index in [4.69, 9.17) is 11.6 Å². The number of hydrogen-bond donors (Lipinski definition) is 1. The Kier molecular flexibility index (Phi) is 4.34. The lowest BCUT2D eigenvalue weighted by molar-refractivity contribution is 0.144. The molecular formula is C17H25ClN2. The summed E-state index contributed by atoms with van der Waals surface area (Å²) in [5.41, 5.74) is 1.33. The smallest absolute Gasteiger partial charge is 0.0408 e. The van der Waals surface area contributed by atoms with Gasteiger partial charge in [0, 0.05) is 29.2 Å². The summed E-state index contributed by atoms with van der Waals surface area (Å²) in [4.78, 5) is 2.60. The number of piperidine rings is 1. The van der Waals surface area contributed by atoms with Gasteiger partial charge >= 0.3 is 0 Å². The van der Waals surface area contributed by atoms with E-state index in [1.54, 1.807) is 0 Å². The third-order valence-corrected chi connectivity index (χ3v) is 5.28. The predicted octanol–water partition coefficient (Wildman–Crippen LogP) is 3.49. The van der Waals surface area contributed by atoms with Crippen molar-refractivity contribution in [3.05, 3.63) is 34.9 Å². The van der Waals surface area contributed by atoms with Gasteiger partial charge in [-0.05, 0) is 63.8 Å². The first-order valence-corrected chi connectivity index (χ1v) is 8.22. The zero-order valence-electron chi connectivity index (χ0n) is 12.5. The molecule has 1 aromatic rings. The van der Waals surface area contributed by atoms with Crippen molar-refractivity contribution >= 4 is 11.6 Å². The molecule has 0 aliphatic carbocycles. The van der Waals surface area contributed by atoms with Crippen LogP contribution in [0.2, 0.25) is 5.02 Å². The van der Waals surface area contributed by atoms with Gasteiger partial charge in [0.2, 0.25) is 0 Å². The molecule has 2 bridgehead atoms. The second-order valence-electron chi connectivity index (χ2n) is 6.62. The normalized spacial score (nSPS) is 31.4. The summed E-state index contributed by atoms with van der Waals surface area (Å²) in [5, 5.41) is 4.68. The molecule has 0 spiro atoms. The number of halogens is 1. The lowest BCUT2D eigenvalue weighted by Crippen LogP contribution is -2.49. The summed E-state index contributed by atoms with van der Waals surface area (Å²) in [6.45, 7) is 2.29. The number of nitrogens with one attached hydrogen (secondary N) is 1. The van der Waals surface area contributed by atoms with Crippen LogP contribution in [-0.2, 0) is 6.42 Å². The Balaban J connectivity index is 1.53. The molecule has 2 saturated heterocycles. The Morgan fingerprint density at radius 3 is 2.65 bits per heavy atom. The highest BCUT2D eigenvalue weighted by Crippen LogP contribution is 2.34. The molecule has 3 heteroatoms. The Hall–Kier alpha value is -0.570. The van der Waals surface area contributed by atoms with E-state index in [-0.39, 0.29) is 0 Å². The summed E-state index contributed by atoms with van der Waals surface area (Å²) in [7, 11) is 2.30. The molecule has 20 heavy (non-hydrogen) atoms. The zero-order chi connectivity index (χ0) is 14.1. The molecule has 2 aliphatic rings. The second-order valence-corrected chi connectivity index (χ2v) is 7.06. The van der Waals surface area contributed by atoms with Crippen molar-refractivity contribution in [3.63, 3.8) is 0 Å². The van der Waals surface area contributed by atoms with Crippen molar-refractivity contribution in [2.45, 2.75) is 63.2 Å². The molecule has 2 nitrogen and oxygen atoms in total.